The SMILES string of the molecule is CNC(C)c1ccc(OCc2cccc(Cl)c2)cc1F. The molecule has 0 aliphatic carbocycles. The summed E-state index contributed by atoms with van der Waals surface area (Å²) in [6.07, 6.45) is 0. The number of nitrogens with one attached hydrogen (secondary N) is 1. The molecule has 0 fully saturated rings. The second kappa shape index (κ2) is 6.73. The van der Waals surface area contributed by atoms with Gasteiger partial charge in [0.05, 0.1) is 0 Å². The summed E-state index contributed by atoms with van der Waals surface area (Å²) in [5.74, 6) is 0.241. The molecular weight excluding hydrogens is 277 g/mol. The van der Waals surface area contributed by atoms with E-state index in [9.17, 15) is 4.39 Å². The fraction of sp³-hybridized carbons (Fsp3) is 0.250. The van der Waals surface area contributed by atoms with E-state index in [0.29, 0.717) is 22.9 Å². The van der Waals surface area contributed by atoms with Gasteiger partial charge in [0.1, 0.15) is 18.2 Å². The quantitative estimate of drug-likeness (QED) is 0.885. The molecule has 106 valence electrons. The Bertz CT molecular complexity index is 588. The van der Waals surface area contributed by atoms with E-state index in [1.165, 1.54) is 6.07 Å². The van der Waals surface area contributed by atoms with E-state index in [-0.39, 0.29) is 11.9 Å². The summed E-state index contributed by atoms with van der Waals surface area (Å²) in [5, 5.41) is 3.67. The van der Waals surface area contributed by atoms with Crippen molar-refractivity contribution in [3.05, 3.63) is 64.4 Å². The first-order chi connectivity index (χ1) is 9.60. The molecule has 0 radical (unpaired) electrons. The molecule has 2 aromatic carbocycles. The maximum atomic E-state index is 13.9. The van der Waals surface area contributed by atoms with Crippen molar-refractivity contribution < 1.29 is 9.13 Å². The van der Waals surface area contributed by atoms with Crippen LogP contribution in [0.4, 0.5) is 4.39 Å². The Morgan fingerprint density at radius 1 is 1.25 bits per heavy atom. The van der Waals surface area contributed by atoms with E-state index in [1.807, 2.05) is 25.1 Å². The van der Waals surface area contributed by atoms with Crippen LogP contribution in [-0.2, 0) is 6.61 Å². The van der Waals surface area contributed by atoms with Crippen LogP contribution in [0.2, 0.25) is 5.02 Å². The van der Waals surface area contributed by atoms with Gasteiger partial charge < -0.3 is 10.1 Å². The third-order valence-electron chi connectivity index (χ3n) is 3.17. The number of halogens is 2. The lowest BCUT2D eigenvalue weighted by Gasteiger charge is -2.13. The minimum absolute atomic E-state index is 0.0306. The summed E-state index contributed by atoms with van der Waals surface area (Å²) in [6.45, 7) is 2.27. The van der Waals surface area contributed by atoms with Gasteiger partial charge in [-0.25, -0.2) is 4.39 Å². The zero-order chi connectivity index (χ0) is 14.5. The minimum atomic E-state index is -0.268. The van der Waals surface area contributed by atoms with Crippen LogP contribution in [0, 0.1) is 5.82 Å². The molecule has 0 saturated carbocycles. The maximum Gasteiger partial charge on any atom is 0.131 e. The topological polar surface area (TPSA) is 21.3 Å². The van der Waals surface area contributed by atoms with Crippen molar-refractivity contribution in [1.82, 2.24) is 5.32 Å². The highest BCUT2D eigenvalue weighted by Crippen LogP contribution is 2.22. The molecule has 0 saturated heterocycles. The Morgan fingerprint density at radius 3 is 2.70 bits per heavy atom. The molecule has 0 aliphatic rings. The van der Waals surface area contributed by atoms with Crippen LogP contribution >= 0.6 is 11.6 Å². The Labute approximate surface area is 123 Å². The van der Waals surface area contributed by atoms with Gasteiger partial charge in [0.15, 0.2) is 0 Å². The first-order valence-electron chi connectivity index (χ1n) is 6.44. The summed E-state index contributed by atoms with van der Waals surface area (Å²) in [6, 6.07) is 12.3. The highest BCUT2D eigenvalue weighted by Gasteiger charge is 2.10. The third-order valence-corrected chi connectivity index (χ3v) is 3.40. The molecule has 20 heavy (non-hydrogen) atoms. The molecule has 0 aromatic heterocycles. The first-order valence-corrected chi connectivity index (χ1v) is 6.82. The fourth-order valence-corrected chi connectivity index (χ4v) is 2.11. The monoisotopic (exact) mass is 293 g/mol. The van der Waals surface area contributed by atoms with Crippen molar-refractivity contribution in [3.63, 3.8) is 0 Å². The van der Waals surface area contributed by atoms with Gasteiger partial charge in [-0.15, -0.1) is 0 Å². The number of benzene rings is 2. The van der Waals surface area contributed by atoms with E-state index in [1.54, 1.807) is 25.2 Å². The predicted molar refractivity (Wildman–Crippen MR) is 79.7 cm³/mol. The van der Waals surface area contributed by atoms with Crippen LogP contribution in [-0.4, -0.2) is 7.05 Å². The summed E-state index contributed by atoms with van der Waals surface area (Å²) in [5.41, 5.74) is 1.58. The predicted octanol–water partition coefficient (Wildman–Crippen LogP) is 4.34. The van der Waals surface area contributed by atoms with Crippen LogP contribution in [0.3, 0.4) is 0 Å². The summed E-state index contributed by atoms with van der Waals surface area (Å²) >= 11 is 5.90. The van der Waals surface area contributed by atoms with Crippen LogP contribution in [0.5, 0.6) is 5.75 Å². The number of hydrogen-bond donors (Lipinski definition) is 1. The highest BCUT2D eigenvalue weighted by atomic mass is 35.5. The number of hydrogen-bond acceptors (Lipinski definition) is 2. The van der Waals surface area contributed by atoms with Crippen LogP contribution < -0.4 is 10.1 Å². The Morgan fingerprint density at radius 2 is 2.05 bits per heavy atom. The lowest BCUT2D eigenvalue weighted by molar-refractivity contribution is 0.304. The summed E-state index contributed by atoms with van der Waals surface area (Å²) in [4.78, 5) is 0. The summed E-state index contributed by atoms with van der Waals surface area (Å²) in [7, 11) is 1.80. The van der Waals surface area contributed by atoms with E-state index < -0.39 is 0 Å². The zero-order valence-corrected chi connectivity index (χ0v) is 12.2. The van der Waals surface area contributed by atoms with Gasteiger partial charge in [-0.2, -0.15) is 0 Å². The number of rotatable bonds is 5. The molecule has 2 nitrogen and oxygen atoms in total. The fourth-order valence-electron chi connectivity index (χ4n) is 1.90. The molecule has 0 heterocycles. The lowest BCUT2D eigenvalue weighted by Crippen LogP contribution is -2.13. The van der Waals surface area contributed by atoms with E-state index in [4.69, 9.17) is 16.3 Å². The molecule has 2 rings (SSSR count). The second-order valence-corrected chi connectivity index (χ2v) is 5.05. The molecule has 1 N–H and O–H groups in total. The van der Waals surface area contributed by atoms with Crippen LogP contribution in [0.25, 0.3) is 0 Å². The highest BCUT2D eigenvalue weighted by molar-refractivity contribution is 6.30. The van der Waals surface area contributed by atoms with Gasteiger partial charge >= 0.3 is 0 Å². The van der Waals surface area contributed by atoms with Crippen LogP contribution in [0.1, 0.15) is 24.1 Å². The van der Waals surface area contributed by atoms with Gasteiger partial charge in [0, 0.05) is 22.7 Å². The van der Waals surface area contributed by atoms with Gasteiger partial charge in [0.25, 0.3) is 0 Å². The van der Waals surface area contributed by atoms with E-state index >= 15 is 0 Å². The average molecular weight is 294 g/mol. The molecular formula is C16H17ClFNO. The van der Waals surface area contributed by atoms with Crippen molar-refractivity contribution >= 4 is 11.6 Å². The molecule has 0 spiro atoms. The molecule has 1 unspecified atom stereocenters. The van der Waals surface area contributed by atoms with Crippen molar-refractivity contribution in [2.45, 2.75) is 19.6 Å². The van der Waals surface area contributed by atoms with Gasteiger partial charge in [0.2, 0.25) is 0 Å². The first kappa shape index (κ1) is 14.8. The average Bonchev–Trinajstić information content (AvgIpc) is 2.44. The van der Waals surface area contributed by atoms with E-state index in [0.717, 1.165) is 5.56 Å². The van der Waals surface area contributed by atoms with Gasteiger partial charge in [-0.1, -0.05) is 29.8 Å². The van der Waals surface area contributed by atoms with E-state index in [2.05, 4.69) is 5.32 Å². The molecule has 0 bridgehead atoms. The molecule has 0 aliphatic heterocycles. The van der Waals surface area contributed by atoms with Crippen molar-refractivity contribution in [2.24, 2.45) is 0 Å². The Balaban J connectivity index is 2.05. The van der Waals surface area contributed by atoms with Crippen molar-refractivity contribution in [1.29, 1.82) is 0 Å². The largest absolute Gasteiger partial charge is 0.489 e. The Hall–Kier alpha value is -1.58. The molecule has 4 heteroatoms. The minimum Gasteiger partial charge on any atom is -0.489 e. The van der Waals surface area contributed by atoms with Gasteiger partial charge in [-0.05, 0) is 37.7 Å². The van der Waals surface area contributed by atoms with Crippen molar-refractivity contribution in [2.75, 3.05) is 7.05 Å². The molecule has 2 aromatic rings. The molecule has 0 amide bonds. The summed E-state index contributed by atoms with van der Waals surface area (Å²) < 4.78 is 19.5. The zero-order valence-electron chi connectivity index (χ0n) is 11.5. The Kier molecular flexibility index (Phi) is 4.99. The normalized spacial score (nSPS) is 12.2. The number of ether oxygens (including phenoxy) is 1. The van der Waals surface area contributed by atoms with Gasteiger partial charge in [-0.3, -0.25) is 0 Å². The van der Waals surface area contributed by atoms with Crippen LogP contribution in [0.15, 0.2) is 42.5 Å². The lowest BCUT2D eigenvalue weighted by atomic mass is 10.1. The van der Waals surface area contributed by atoms with Crippen molar-refractivity contribution in [3.8, 4) is 5.75 Å². The standard InChI is InChI=1S/C16H17ClFNO/c1-11(19-2)15-7-6-14(9-16(15)18)20-10-12-4-3-5-13(17)8-12/h3-9,11,19H,10H2,1-2H3. The second-order valence-electron chi connectivity index (χ2n) is 4.61. The smallest absolute Gasteiger partial charge is 0.131 e. The molecule has 1 atom stereocenters. The maximum absolute atomic E-state index is 13.9. The third kappa shape index (κ3) is 3.71.